The second-order valence-corrected chi connectivity index (χ2v) is 6.93. The third-order valence-electron chi connectivity index (χ3n) is 4.45. The summed E-state index contributed by atoms with van der Waals surface area (Å²) in [7, 11) is 0. The fraction of sp³-hybridized carbons (Fsp3) is 0.643. The maximum Gasteiger partial charge on any atom is 0.416 e. The second-order valence-electron chi connectivity index (χ2n) is 6.57. The number of aliphatic hydroxyl groups is 2. The minimum atomic E-state index is -5.07. The van der Waals surface area contributed by atoms with Crippen LogP contribution in [-0.2, 0) is 11.3 Å². The van der Waals surface area contributed by atoms with Gasteiger partial charge in [0.1, 0.15) is 11.6 Å². The lowest BCUT2D eigenvalue weighted by Gasteiger charge is -2.21. The molecule has 30 heavy (non-hydrogen) atoms. The van der Waals surface area contributed by atoms with E-state index in [-0.39, 0.29) is 5.52 Å². The monoisotopic (exact) mass is 465 g/mol. The van der Waals surface area contributed by atoms with E-state index in [1.165, 1.54) is 0 Å². The number of anilines is 1. The predicted octanol–water partition coefficient (Wildman–Crippen LogP) is 1.35. The molecule has 4 atom stereocenters. The molecule has 0 aromatic carbocycles. The minimum Gasteiger partial charge on any atom is -0.388 e. The molecule has 0 spiro atoms. The third kappa shape index (κ3) is 4.19. The number of ether oxygens (including phenoxy) is 1. The van der Waals surface area contributed by atoms with E-state index in [0.717, 1.165) is 0 Å². The number of nitrogens with zero attached hydrogens (tertiary/aromatic N) is 4. The van der Waals surface area contributed by atoms with Crippen LogP contribution in [0, 0.1) is 0 Å². The fourth-order valence-electron chi connectivity index (χ4n) is 3.15. The van der Waals surface area contributed by atoms with E-state index in [1.807, 2.05) is 0 Å². The van der Waals surface area contributed by atoms with Gasteiger partial charge in [-0.05, 0) is 0 Å². The number of hydrogen-bond acceptors (Lipinski definition) is 7. The summed E-state index contributed by atoms with van der Waals surface area (Å²) < 4.78 is 82.4. The largest absolute Gasteiger partial charge is 0.416 e. The van der Waals surface area contributed by atoms with Crippen LogP contribution in [0.15, 0.2) is 4.79 Å². The highest BCUT2D eigenvalue weighted by molar-refractivity contribution is 6.33. The Morgan fingerprint density at radius 1 is 1.27 bits per heavy atom. The number of hydrogen-bond donors (Lipinski definition) is 3. The van der Waals surface area contributed by atoms with Crippen LogP contribution in [0.2, 0.25) is 5.15 Å². The molecular weight excluding hydrogens is 452 g/mol. The lowest BCUT2D eigenvalue weighted by Crippen LogP contribution is -2.40. The third-order valence-corrected chi connectivity index (χ3v) is 4.72. The zero-order valence-corrected chi connectivity index (χ0v) is 15.4. The molecule has 2 aromatic heterocycles. The van der Waals surface area contributed by atoms with Crippen LogP contribution in [0.3, 0.4) is 0 Å². The van der Waals surface area contributed by atoms with Crippen LogP contribution in [0.25, 0.3) is 11.2 Å². The van der Waals surface area contributed by atoms with Crippen molar-refractivity contribution in [3.63, 3.8) is 0 Å². The van der Waals surface area contributed by atoms with E-state index >= 15 is 0 Å². The van der Waals surface area contributed by atoms with Crippen molar-refractivity contribution in [3.8, 4) is 0 Å². The number of aliphatic hydroxyl groups excluding tert-OH is 2. The molecule has 3 rings (SSSR count). The van der Waals surface area contributed by atoms with Crippen molar-refractivity contribution in [2.45, 2.75) is 56.3 Å². The first kappa shape index (κ1) is 22.6. The number of halogens is 7. The number of alkyl halides is 6. The Morgan fingerprint density at radius 2 is 1.90 bits per heavy atom. The lowest BCUT2D eigenvalue weighted by atomic mass is 10.1. The SMILES string of the molecule is Nc1nc(Cl)c2c(n1)n([C@@H]1O[C@H]([C@@H](O)C(F)(F)F)C[C@H]1O)c(=O)n2CCC(F)(F)F. The zero-order valence-electron chi connectivity index (χ0n) is 14.7. The summed E-state index contributed by atoms with van der Waals surface area (Å²) >= 11 is 5.91. The molecule has 0 saturated carbocycles. The number of rotatable bonds is 4. The molecule has 4 N–H and O–H groups in total. The van der Waals surface area contributed by atoms with Crippen LogP contribution in [0.4, 0.5) is 32.3 Å². The molecule has 0 unspecified atom stereocenters. The van der Waals surface area contributed by atoms with Crippen LogP contribution < -0.4 is 11.4 Å². The van der Waals surface area contributed by atoms with Crippen molar-refractivity contribution in [3.05, 3.63) is 15.6 Å². The smallest absolute Gasteiger partial charge is 0.388 e. The van der Waals surface area contributed by atoms with Gasteiger partial charge in [0.05, 0.1) is 12.5 Å². The summed E-state index contributed by atoms with van der Waals surface area (Å²) in [5, 5.41) is 19.1. The Morgan fingerprint density at radius 3 is 2.47 bits per heavy atom. The van der Waals surface area contributed by atoms with Gasteiger partial charge in [0.25, 0.3) is 0 Å². The molecule has 1 fully saturated rings. The van der Waals surface area contributed by atoms with Gasteiger partial charge in [-0.15, -0.1) is 0 Å². The average Bonchev–Trinajstić information content (AvgIpc) is 3.08. The van der Waals surface area contributed by atoms with Gasteiger partial charge in [-0.2, -0.15) is 36.3 Å². The summed E-state index contributed by atoms with van der Waals surface area (Å²) in [6.07, 6.45) is -20.3. The van der Waals surface area contributed by atoms with Gasteiger partial charge in [0.15, 0.2) is 23.1 Å². The predicted molar refractivity (Wildman–Crippen MR) is 88.5 cm³/mol. The molecule has 0 radical (unpaired) electrons. The quantitative estimate of drug-likeness (QED) is 0.459. The molecule has 3 heterocycles. The number of aromatic nitrogens is 4. The average molecular weight is 466 g/mol. The van der Waals surface area contributed by atoms with E-state index in [4.69, 9.17) is 22.1 Å². The Bertz CT molecular complexity index is 1010. The van der Waals surface area contributed by atoms with Crippen molar-refractivity contribution >= 4 is 28.7 Å². The molecule has 168 valence electrons. The molecule has 2 aromatic rings. The number of imidazole rings is 1. The van der Waals surface area contributed by atoms with Gasteiger partial charge >= 0.3 is 18.0 Å². The Kier molecular flexibility index (Phi) is 5.68. The molecule has 1 aliphatic rings. The first-order valence-electron chi connectivity index (χ1n) is 8.29. The molecule has 1 saturated heterocycles. The second kappa shape index (κ2) is 7.55. The van der Waals surface area contributed by atoms with Crippen molar-refractivity contribution in [2.24, 2.45) is 0 Å². The Hall–Kier alpha value is -2.10. The molecule has 9 nitrogen and oxygen atoms in total. The highest BCUT2D eigenvalue weighted by Crippen LogP contribution is 2.37. The molecule has 16 heteroatoms. The summed E-state index contributed by atoms with van der Waals surface area (Å²) in [5.74, 6) is -0.478. The molecule has 1 aliphatic heterocycles. The molecule has 0 aliphatic carbocycles. The minimum absolute atomic E-state index is 0.365. The van der Waals surface area contributed by atoms with E-state index in [1.54, 1.807) is 0 Å². The van der Waals surface area contributed by atoms with Gasteiger partial charge in [0.2, 0.25) is 5.95 Å². The zero-order chi connectivity index (χ0) is 22.6. The van der Waals surface area contributed by atoms with Gasteiger partial charge < -0.3 is 20.7 Å². The van der Waals surface area contributed by atoms with E-state index in [9.17, 15) is 41.4 Å². The van der Waals surface area contributed by atoms with Gasteiger partial charge in [0, 0.05) is 13.0 Å². The van der Waals surface area contributed by atoms with Crippen molar-refractivity contribution < 1.29 is 41.3 Å². The summed E-state index contributed by atoms with van der Waals surface area (Å²) in [4.78, 5) is 20.1. The van der Waals surface area contributed by atoms with Gasteiger partial charge in [-0.3, -0.25) is 4.57 Å². The molecule has 0 bridgehead atoms. The molecule has 0 amide bonds. The summed E-state index contributed by atoms with van der Waals surface area (Å²) in [6, 6.07) is 0. The topological polar surface area (TPSA) is 128 Å². The number of aryl methyl sites for hydroxylation is 1. The highest BCUT2D eigenvalue weighted by atomic mass is 35.5. The lowest BCUT2D eigenvalue weighted by molar-refractivity contribution is -0.237. The fourth-order valence-corrected chi connectivity index (χ4v) is 3.42. The maximum absolute atomic E-state index is 12.8. The van der Waals surface area contributed by atoms with Crippen molar-refractivity contribution in [1.82, 2.24) is 19.1 Å². The highest BCUT2D eigenvalue weighted by Gasteiger charge is 2.50. The maximum atomic E-state index is 12.8. The van der Waals surface area contributed by atoms with Crippen LogP contribution in [0.1, 0.15) is 19.1 Å². The summed E-state index contributed by atoms with van der Waals surface area (Å²) in [6.45, 7) is -0.906. The van der Waals surface area contributed by atoms with Crippen LogP contribution in [-0.4, -0.2) is 60.0 Å². The number of fused-ring (bicyclic) bond motifs is 1. The molecular formula is C14H14ClF6N5O4. The first-order valence-corrected chi connectivity index (χ1v) is 8.67. The number of nitrogen functional groups attached to an aromatic ring is 1. The normalized spacial score (nSPS) is 24.0. The first-order chi connectivity index (χ1) is 13.7. The van der Waals surface area contributed by atoms with Gasteiger partial charge in [-0.25, -0.2) is 9.36 Å². The van der Waals surface area contributed by atoms with E-state index in [2.05, 4.69) is 9.97 Å². The summed E-state index contributed by atoms with van der Waals surface area (Å²) in [5.41, 5.74) is 3.46. The Labute approximate surface area is 167 Å². The standard InChI is InChI=1S/C14H14ClF6N5O4/c15-8-6-9(24-11(22)23-8)26(12(29)25(6)2-1-13(16,17)18)10-4(27)3-5(30-10)7(28)14(19,20)21/h4-5,7,10,27-28H,1-3H2,(H2,22,23,24)/t4-,5+,7-,10-/m1/s1. The van der Waals surface area contributed by atoms with Crippen LogP contribution >= 0.6 is 11.6 Å². The van der Waals surface area contributed by atoms with Crippen molar-refractivity contribution in [2.75, 3.05) is 5.73 Å². The van der Waals surface area contributed by atoms with Crippen LogP contribution in [0.5, 0.6) is 0 Å². The number of nitrogens with two attached hydrogens (primary N) is 1. The van der Waals surface area contributed by atoms with Crippen molar-refractivity contribution in [1.29, 1.82) is 0 Å². The van der Waals surface area contributed by atoms with E-state index < -0.39 is 78.7 Å². The van der Waals surface area contributed by atoms with E-state index in [0.29, 0.717) is 9.13 Å². The Balaban J connectivity index is 2.10. The van der Waals surface area contributed by atoms with Gasteiger partial charge in [-0.1, -0.05) is 11.6 Å².